The van der Waals surface area contributed by atoms with Gasteiger partial charge in [0.1, 0.15) is 18.1 Å². The summed E-state index contributed by atoms with van der Waals surface area (Å²) in [6.45, 7) is 7.41. The van der Waals surface area contributed by atoms with Gasteiger partial charge in [0.15, 0.2) is 0 Å². The molecule has 3 aromatic carbocycles. The Morgan fingerprint density at radius 1 is 1.06 bits per heavy atom. The van der Waals surface area contributed by atoms with Crippen LogP contribution in [0.15, 0.2) is 71.6 Å². The summed E-state index contributed by atoms with van der Waals surface area (Å²) in [5.74, 6) is 1.27. The van der Waals surface area contributed by atoms with Crippen LogP contribution >= 0.6 is 0 Å². The number of anilines is 1. The van der Waals surface area contributed by atoms with Crippen LogP contribution in [0.25, 0.3) is 0 Å². The van der Waals surface area contributed by atoms with E-state index < -0.39 is 16.1 Å². The van der Waals surface area contributed by atoms with Gasteiger partial charge in [-0.2, -0.15) is 9.57 Å². The molecule has 5 rings (SSSR count). The number of aryl methyl sites for hydroxylation is 1. The first-order chi connectivity index (χ1) is 22.8. The lowest BCUT2D eigenvalue weighted by molar-refractivity contribution is -0.0220. The van der Waals surface area contributed by atoms with Crippen LogP contribution in [0.3, 0.4) is 0 Å². The minimum Gasteiger partial charge on any atom is -0.497 e. The van der Waals surface area contributed by atoms with Gasteiger partial charge in [-0.25, -0.2) is 8.42 Å². The third kappa shape index (κ3) is 8.28. The monoisotopic (exact) mass is 661 g/mol. The van der Waals surface area contributed by atoms with Crippen molar-refractivity contribution in [3.05, 3.63) is 83.4 Å². The first kappa shape index (κ1) is 34.7. The Balaban J connectivity index is 1.46. The van der Waals surface area contributed by atoms with Crippen molar-refractivity contribution in [2.75, 3.05) is 52.0 Å². The lowest BCUT2D eigenvalue weighted by Crippen LogP contribution is -2.52. The molecule has 1 saturated heterocycles. The second-order valence-electron chi connectivity index (χ2n) is 12.5. The molecule has 0 aliphatic carbocycles. The highest BCUT2D eigenvalue weighted by Crippen LogP contribution is 2.40. The van der Waals surface area contributed by atoms with E-state index in [0.717, 1.165) is 53.4 Å². The van der Waals surface area contributed by atoms with E-state index in [9.17, 15) is 13.7 Å². The number of methoxy groups -OCH3 is 2. The molecule has 0 saturated carbocycles. The van der Waals surface area contributed by atoms with Crippen LogP contribution in [0.4, 0.5) is 5.69 Å². The Hall–Kier alpha value is -3.62. The SMILES string of the molecule is CC[C@H](C#N)C[C@H]1C[C@H](c2ccc(OC)cc2)[C@@H](OCc2ccc3c(c2)N(CCCOC)CCO3)CN1S(=O)(=O)c1ccc(C)cc1. The Morgan fingerprint density at radius 3 is 2.51 bits per heavy atom. The van der Waals surface area contributed by atoms with Gasteiger partial charge >= 0.3 is 0 Å². The van der Waals surface area contributed by atoms with Crippen LogP contribution in [-0.2, 0) is 26.1 Å². The van der Waals surface area contributed by atoms with Crippen molar-refractivity contribution in [1.29, 1.82) is 5.26 Å². The zero-order valence-electron chi connectivity index (χ0n) is 27.9. The van der Waals surface area contributed by atoms with Crippen LogP contribution in [0.2, 0.25) is 0 Å². The Labute approximate surface area is 280 Å². The molecule has 0 aromatic heterocycles. The van der Waals surface area contributed by atoms with E-state index in [-0.39, 0.29) is 29.3 Å². The fourth-order valence-corrected chi connectivity index (χ4v) is 8.28. The van der Waals surface area contributed by atoms with Crippen LogP contribution < -0.4 is 14.4 Å². The molecule has 1 fully saturated rings. The maximum atomic E-state index is 14.3. The molecule has 0 spiro atoms. The average molecular weight is 662 g/mol. The van der Waals surface area contributed by atoms with E-state index in [0.29, 0.717) is 39.1 Å². The minimum atomic E-state index is -3.86. The first-order valence-electron chi connectivity index (χ1n) is 16.5. The molecule has 4 atom stereocenters. The molecule has 252 valence electrons. The van der Waals surface area contributed by atoms with Gasteiger partial charge in [0, 0.05) is 44.7 Å². The summed E-state index contributed by atoms with van der Waals surface area (Å²) in [7, 11) is -0.506. The fraction of sp³-hybridized carbons (Fsp3) is 0.486. The Kier molecular flexibility index (Phi) is 11.8. The van der Waals surface area contributed by atoms with Crippen LogP contribution in [0.1, 0.15) is 55.2 Å². The van der Waals surface area contributed by atoms with Gasteiger partial charge < -0.3 is 23.8 Å². The summed E-state index contributed by atoms with van der Waals surface area (Å²) in [4.78, 5) is 2.57. The predicted octanol–water partition coefficient (Wildman–Crippen LogP) is 6.31. The molecule has 47 heavy (non-hydrogen) atoms. The molecule has 9 nitrogen and oxygen atoms in total. The molecule has 0 N–H and O–H groups in total. The van der Waals surface area contributed by atoms with Crippen LogP contribution in [0.5, 0.6) is 11.5 Å². The maximum absolute atomic E-state index is 14.3. The lowest BCUT2D eigenvalue weighted by atomic mass is 9.81. The summed E-state index contributed by atoms with van der Waals surface area (Å²) >= 11 is 0. The number of fused-ring (bicyclic) bond motifs is 1. The van der Waals surface area contributed by atoms with Crippen molar-refractivity contribution >= 4 is 15.7 Å². The molecular formula is C37H47N3O6S. The van der Waals surface area contributed by atoms with Crippen molar-refractivity contribution < 1.29 is 27.4 Å². The summed E-state index contributed by atoms with van der Waals surface area (Å²) in [5.41, 5.74) is 4.07. The summed E-state index contributed by atoms with van der Waals surface area (Å²) in [6, 6.07) is 23.1. The van der Waals surface area contributed by atoms with Crippen molar-refractivity contribution in [3.8, 4) is 17.6 Å². The quantitative estimate of drug-likeness (QED) is 0.185. The fourth-order valence-electron chi connectivity index (χ4n) is 6.62. The van der Waals surface area contributed by atoms with Gasteiger partial charge in [0.2, 0.25) is 10.0 Å². The van der Waals surface area contributed by atoms with E-state index in [1.54, 1.807) is 30.7 Å². The highest BCUT2D eigenvalue weighted by atomic mass is 32.2. The number of sulfonamides is 1. The van der Waals surface area contributed by atoms with Gasteiger partial charge in [0.25, 0.3) is 0 Å². The van der Waals surface area contributed by atoms with E-state index in [1.165, 1.54) is 0 Å². The van der Waals surface area contributed by atoms with Gasteiger partial charge in [-0.1, -0.05) is 42.8 Å². The number of nitriles is 1. The van der Waals surface area contributed by atoms with Gasteiger partial charge in [0.05, 0.1) is 43.0 Å². The second kappa shape index (κ2) is 16.0. The van der Waals surface area contributed by atoms with Gasteiger partial charge in [-0.05, 0) is 80.1 Å². The first-order valence-corrected chi connectivity index (χ1v) is 17.9. The number of hydrogen-bond donors (Lipinski definition) is 0. The number of nitrogens with zero attached hydrogens (tertiary/aromatic N) is 3. The van der Waals surface area contributed by atoms with Crippen molar-refractivity contribution in [2.45, 2.75) is 69.1 Å². The summed E-state index contributed by atoms with van der Waals surface area (Å²) in [6.07, 6.45) is 2.14. The van der Waals surface area contributed by atoms with Crippen LogP contribution in [-0.4, -0.2) is 71.9 Å². The topological polar surface area (TPSA) is 101 Å². The number of hydrogen-bond acceptors (Lipinski definition) is 8. The zero-order chi connectivity index (χ0) is 33.4. The molecule has 0 unspecified atom stereocenters. The van der Waals surface area contributed by atoms with E-state index in [4.69, 9.17) is 18.9 Å². The van der Waals surface area contributed by atoms with Crippen LogP contribution in [0, 0.1) is 24.2 Å². The highest BCUT2D eigenvalue weighted by Gasteiger charge is 2.43. The molecular weight excluding hydrogens is 614 g/mol. The normalized spacial score (nSPS) is 20.6. The Morgan fingerprint density at radius 2 is 1.83 bits per heavy atom. The van der Waals surface area contributed by atoms with E-state index >= 15 is 0 Å². The molecule has 2 aliphatic heterocycles. The highest BCUT2D eigenvalue weighted by molar-refractivity contribution is 7.89. The molecule has 10 heteroatoms. The number of piperidine rings is 1. The number of rotatable bonds is 14. The number of ether oxygens (including phenoxy) is 4. The average Bonchev–Trinajstić information content (AvgIpc) is 3.10. The smallest absolute Gasteiger partial charge is 0.243 e. The summed E-state index contributed by atoms with van der Waals surface area (Å²) < 4.78 is 53.5. The molecule has 2 heterocycles. The van der Waals surface area contributed by atoms with Crippen molar-refractivity contribution in [3.63, 3.8) is 0 Å². The lowest BCUT2D eigenvalue weighted by Gasteiger charge is -2.44. The minimum absolute atomic E-state index is 0.0851. The Bertz CT molecular complexity index is 1610. The molecule has 0 bridgehead atoms. The van der Waals surface area contributed by atoms with E-state index in [1.807, 2.05) is 62.4 Å². The maximum Gasteiger partial charge on any atom is 0.243 e. The molecule has 2 aliphatic rings. The molecule has 0 amide bonds. The molecule has 0 radical (unpaired) electrons. The van der Waals surface area contributed by atoms with Crippen molar-refractivity contribution in [1.82, 2.24) is 4.31 Å². The van der Waals surface area contributed by atoms with Gasteiger partial charge in [-0.3, -0.25) is 0 Å². The largest absolute Gasteiger partial charge is 0.497 e. The third-order valence-corrected chi connectivity index (χ3v) is 11.3. The van der Waals surface area contributed by atoms with E-state index in [2.05, 4.69) is 17.0 Å². The van der Waals surface area contributed by atoms with Gasteiger partial charge in [-0.15, -0.1) is 0 Å². The second-order valence-corrected chi connectivity index (χ2v) is 14.4. The summed E-state index contributed by atoms with van der Waals surface area (Å²) in [5, 5.41) is 9.88. The zero-order valence-corrected chi connectivity index (χ0v) is 28.7. The standard InChI is InChI=1S/C37H47N3O6S/c1-5-28(24-38)21-31-23-34(30-10-12-32(44-4)13-11-30)37(25-40(31)47(41,42)33-14-7-27(2)8-15-33)46-26-29-9-16-36-35(22-29)39(18-20-45-36)17-6-19-43-3/h7-16,22,28,31,34,37H,5-6,17-21,23,25-26H2,1-4H3/t28-,31-,34+,37-/m0/s1. The number of benzene rings is 3. The van der Waals surface area contributed by atoms with Crippen molar-refractivity contribution in [2.24, 2.45) is 5.92 Å². The predicted molar refractivity (Wildman–Crippen MR) is 182 cm³/mol. The molecule has 3 aromatic rings. The third-order valence-electron chi connectivity index (χ3n) is 9.37.